The number of halogens is 1. The molecule has 0 amide bonds. The molecule has 0 aliphatic rings. The summed E-state index contributed by atoms with van der Waals surface area (Å²) < 4.78 is 0. The molecular weight excluding hydrogens is 444 g/mol. The third-order valence-electron chi connectivity index (χ3n) is 6.20. The van der Waals surface area contributed by atoms with E-state index in [9.17, 15) is 0 Å². The fourth-order valence-corrected chi connectivity index (χ4v) is 4.01. The van der Waals surface area contributed by atoms with Gasteiger partial charge in [-0.2, -0.15) is 0 Å². The summed E-state index contributed by atoms with van der Waals surface area (Å²) in [5, 5.41) is 0.819. The molecule has 0 unspecified atom stereocenters. The van der Waals surface area contributed by atoms with Crippen molar-refractivity contribution in [2.45, 2.75) is 105 Å². The Morgan fingerprint density at radius 1 is 0.429 bits per heavy atom. The van der Waals surface area contributed by atoms with Gasteiger partial charge in [0.2, 0.25) is 0 Å². The lowest BCUT2D eigenvalue weighted by molar-refractivity contribution is 0.589. The third kappa shape index (κ3) is 16.3. The summed E-state index contributed by atoms with van der Waals surface area (Å²) in [6, 6.07) is 27.6. The minimum Gasteiger partial charge on any atom is -0.0843 e. The highest BCUT2D eigenvalue weighted by atomic mass is 35.5. The van der Waals surface area contributed by atoms with E-state index in [1.165, 1.54) is 80.0 Å². The summed E-state index contributed by atoms with van der Waals surface area (Å²) in [5.74, 6) is 0. The van der Waals surface area contributed by atoms with Gasteiger partial charge in [-0.05, 0) is 66.5 Å². The number of aryl methyl sites for hydroxylation is 4. The maximum atomic E-state index is 5.71. The van der Waals surface area contributed by atoms with Crippen LogP contribution in [-0.4, -0.2) is 0 Å². The number of rotatable bonds is 12. The zero-order chi connectivity index (χ0) is 25.6. The van der Waals surface area contributed by atoms with Crippen LogP contribution in [0.25, 0.3) is 0 Å². The van der Waals surface area contributed by atoms with Crippen molar-refractivity contribution in [1.29, 1.82) is 0 Å². The summed E-state index contributed by atoms with van der Waals surface area (Å²) in [6.07, 6.45) is 15.7. The molecule has 0 aromatic heterocycles. The monoisotopic (exact) mass is 492 g/mol. The Balaban J connectivity index is 0.000000287. The van der Waals surface area contributed by atoms with Gasteiger partial charge in [-0.25, -0.2) is 0 Å². The summed E-state index contributed by atoms with van der Waals surface area (Å²) in [5.41, 5.74) is 5.74. The van der Waals surface area contributed by atoms with Gasteiger partial charge in [0.25, 0.3) is 0 Å². The molecule has 0 bridgehead atoms. The van der Waals surface area contributed by atoms with Gasteiger partial charge in [0.1, 0.15) is 0 Å². The molecule has 3 aromatic carbocycles. The minimum absolute atomic E-state index is 0.819. The second-order valence-electron chi connectivity index (χ2n) is 9.26. The van der Waals surface area contributed by atoms with E-state index < -0.39 is 0 Å². The summed E-state index contributed by atoms with van der Waals surface area (Å²) >= 11 is 5.71. The van der Waals surface area contributed by atoms with Crippen LogP contribution >= 0.6 is 11.6 Å². The number of hydrogen-bond donors (Lipinski definition) is 0. The van der Waals surface area contributed by atoms with Crippen LogP contribution in [0, 0.1) is 0 Å². The van der Waals surface area contributed by atoms with E-state index >= 15 is 0 Å². The predicted octanol–water partition coefficient (Wildman–Crippen LogP) is 11.1. The predicted molar refractivity (Wildman–Crippen MR) is 159 cm³/mol. The number of benzene rings is 3. The van der Waals surface area contributed by atoms with Crippen LogP contribution < -0.4 is 0 Å². The number of hydrogen-bond acceptors (Lipinski definition) is 0. The van der Waals surface area contributed by atoms with E-state index in [1.54, 1.807) is 0 Å². The summed E-state index contributed by atoms with van der Waals surface area (Å²) in [4.78, 5) is 0. The molecule has 192 valence electrons. The molecule has 0 atom stereocenters. The zero-order valence-corrected chi connectivity index (χ0v) is 23.6. The van der Waals surface area contributed by atoms with Crippen LogP contribution in [0.1, 0.15) is 101 Å². The molecule has 0 aliphatic heterocycles. The quantitative estimate of drug-likeness (QED) is 0.220. The fraction of sp³-hybridized carbons (Fsp3) is 0.471. The molecule has 0 fully saturated rings. The van der Waals surface area contributed by atoms with Gasteiger partial charge >= 0.3 is 0 Å². The highest BCUT2D eigenvalue weighted by Gasteiger charge is 1.95. The zero-order valence-electron chi connectivity index (χ0n) is 22.9. The Hall–Kier alpha value is -2.05. The Kier molecular flexibility index (Phi) is 18.8. The lowest BCUT2D eigenvalue weighted by Crippen LogP contribution is -1.87. The van der Waals surface area contributed by atoms with Gasteiger partial charge in [0.15, 0.2) is 0 Å². The molecule has 0 aliphatic carbocycles. The molecule has 0 saturated carbocycles. The highest BCUT2D eigenvalue weighted by Crippen LogP contribution is 2.12. The second-order valence-corrected chi connectivity index (χ2v) is 9.69. The normalized spacial score (nSPS) is 10.1. The fourth-order valence-electron chi connectivity index (χ4n) is 3.88. The van der Waals surface area contributed by atoms with Crippen molar-refractivity contribution in [2.75, 3.05) is 0 Å². The molecule has 0 N–H and O–H groups in total. The van der Waals surface area contributed by atoms with Crippen LogP contribution in [0.3, 0.4) is 0 Å². The van der Waals surface area contributed by atoms with Crippen LogP contribution in [0.5, 0.6) is 0 Å². The lowest BCUT2D eigenvalue weighted by atomic mass is 10.0. The van der Waals surface area contributed by atoms with Crippen LogP contribution in [0.4, 0.5) is 0 Å². The van der Waals surface area contributed by atoms with Crippen LogP contribution in [-0.2, 0) is 25.7 Å². The largest absolute Gasteiger partial charge is 0.0843 e. The third-order valence-corrected chi connectivity index (χ3v) is 6.46. The second kappa shape index (κ2) is 21.3. The van der Waals surface area contributed by atoms with Gasteiger partial charge in [0, 0.05) is 5.02 Å². The van der Waals surface area contributed by atoms with Crippen molar-refractivity contribution in [3.05, 3.63) is 106 Å². The van der Waals surface area contributed by atoms with Crippen LogP contribution in [0.2, 0.25) is 5.02 Å². The Morgan fingerprint density at radius 3 is 1.40 bits per heavy atom. The van der Waals surface area contributed by atoms with Crippen molar-refractivity contribution in [1.82, 2.24) is 0 Å². The molecular formula is C34H49Cl. The van der Waals surface area contributed by atoms with Crippen molar-refractivity contribution in [3.63, 3.8) is 0 Å². The summed E-state index contributed by atoms with van der Waals surface area (Å²) in [7, 11) is 0. The smallest absolute Gasteiger partial charge is 0.0406 e. The molecule has 0 radical (unpaired) electrons. The van der Waals surface area contributed by atoms with E-state index in [0.29, 0.717) is 0 Å². The molecule has 0 heterocycles. The topological polar surface area (TPSA) is 0 Å². The highest BCUT2D eigenvalue weighted by molar-refractivity contribution is 6.30. The van der Waals surface area contributed by atoms with Gasteiger partial charge in [0.05, 0.1) is 0 Å². The van der Waals surface area contributed by atoms with E-state index in [4.69, 9.17) is 11.6 Å². The van der Waals surface area contributed by atoms with Gasteiger partial charge in [-0.15, -0.1) is 0 Å². The first-order chi connectivity index (χ1) is 17.1. The molecule has 35 heavy (non-hydrogen) atoms. The molecule has 0 saturated heterocycles. The standard InChI is InChI=1S/C17H28.C9H11Cl.C8H10/c1-3-5-6-7-8-9-10-11-17-14-12-16(4-2)13-15-17;1-2-3-8-4-6-9(10)7-5-8;1-2-8-6-4-3-5-7-8/h12-15H,3-11H2,1-2H3;4-7H,2-3H2,1H3;3-7H,2H2,1H3. The van der Waals surface area contributed by atoms with Crippen molar-refractivity contribution < 1.29 is 0 Å². The van der Waals surface area contributed by atoms with E-state index in [2.05, 4.69) is 88.4 Å². The maximum Gasteiger partial charge on any atom is 0.0406 e. The number of unbranched alkanes of at least 4 members (excludes halogenated alkanes) is 6. The Morgan fingerprint density at radius 2 is 0.886 bits per heavy atom. The minimum atomic E-state index is 0.819. The molecule has 3 aromatic rings. The molecule has 0 spiro atoms. The average Bonchev–Trinajstić information content (AvgIpc) is 2.91. The SMILES string of the molecule is CCCCCCCCCc1ccc(CC)cc1.CCCc1ccc(Cl)cc1.CCc1ccccc1. The van der Waals surface area contributed by atoms with E-state index in [1.807, 2.05) is 18.2 Å². The first-order valence-corrected chi connectivity index (χ1v) is 14.4. The molecule has 1 heteroatoms. The van der Waals surface area contributed by atoms with Gasteiger partial charge in [-0.1, -0.05) is 151 Å². The summed E-state index contributed by atoms with van der Waals surface area (Å²) in [6.45, 7) is 8.83. The Labute approximate surface area is 222 Å². The van der Waals surface area contributed by atoms with Crippen LogP contribution in [0.15, 0.2) is 78.9 Å². The van der Waals surface area contributed by atoms with Gasteiger partial charge < -0.3 is 0 Å². The van der Waals surface area contributed by atoms with Crippen molar-refractivity contribution in [2.24, 2.45) is 0 Å². The molecule has 0 nitrogen and oxygen atoms in total. The van der Waals surface area contributed by atoms with Crippen molar-refractivity contribution in [3.8, 4) is 0 Å². The first kappa shape index (κ1) is 31.0. The average molecular weight is 493 g/mol. The lowest BCUT2D eigenvalue weighted by Gasteiger charge is -2.03. The van der Waals surface area contributed by atoms with Crippen molar-refractivity contribution >= 4 is 11.6 Å². The Bertz CT molecular complexity index is 834. The first-order valence-electron chi connectivity index (χ1n) is 14.0. The van der Waals surface area contributed by atoms with E-state index in [0.717, 1.165) is 24.3 Å². The molecule has 3 rings (SSSR count). The van der Waals surface area contributed by atoms with Gasteiger partial charge in [-0.3, -0.25) is 0 Å². The maximum absolute atomic E-state index is 5.71. The van der Waals surface area contributed by atoms with E-state index in [-0.39, 0.29) is 0 Å².